The van der Waals surface area contributed by atoms with Crippen LogP contribution in [0.4, 0.5) is 11.4 Å². The molecule has 3 nitrogen and oxygen atoms in total. The largest absolute Gasteiger partial charge is 0.382 e. The zero-order valence-electron chi connectivity index (χ0n) is 11.2. The van der Waals surface area contributed by atoms with Crippen molar-refractivity contribution in [3.05, 3.63) is 36.9 Å². The molecular weight excluding hydrogens is 224 g/mol. The number of hydrogen-bond donors (Lipinski definition) is 2. The second kappa shape index (κ2) is 7.54. The number of rotatable bonds is 7. The van der Waals surface area contributed by atoms with Gasteiger partial charge in [-0.1, -0.05) is 19.9 Å². The van der Waals surface area contributed by atoms with Gasteiger partial charge in [-0.15, -0.1) is 6.58 Å². The number of amides is 1. The summed E-state index contributed by atoms with van der Waals surface area (Å²) in [6, 6.07) is 7.72. The highest BCUT2D eigenvalue weighted by Gasteiger charge is 2.13. The molecule has 1 aromatic carbocycles. The van der Waals surface area contributed by atoms with Gasteiger partial charge in [0.1, 0.15) is 0 Å². The maximum absolute atomic E-state index is 11.9. The summed E-state index contributed by atoms with van der Waals surface area (Å²) in [5.74, 6) is 0.204. The van der Waals surface area contributed by atoms with Crippen molar-refractivity contribution in [2.75, 3.05) is 17.2 Å². The number of nitrogens with one attached hydrogen (secondary N) is 2. The number of anilines is 2. The number of carbonyl (C=O) groups is 1. The Morgan fingerprint density at radius 2 is 1.78 bits per heavy atom. The van der Waals surface area contributed by atoms with E-state index in [1.54, 1.807) is 0 Å². The molecule has 0 aliphatic rings. The lowest BCUT2D eigenvalue weighted by atomic mass is 10.0. The van der Waals surface area contributed by atoms with Crippen molar-refractivity contribution in [2.24, 2.45) is 5.92 Å². The first kappa shape index (κ1) is 14.3. The molecule has 0 spiro atoms. The van der Waals surface area contributed by atoms with Gasteiger partial charge in [-0.05, 0) is 37.1 Å². The topological polar surface area (TPSA) is 41.1 Å². The van der Waals surface area contributed by atoms with E-state index in [0.29, 0.717) is 0 Å². The molecule has 1 amide bonds. The quantitative estimate of drug-likeness (QED) is 0.721. The highest BCUT2D eigenvalue weighted by Crippen LogP contribution is 2.16. The van der Waals surface area contributed by atoms with E-state index in [1.165, 1.54) is 0 Å². The summed E-state index contributed by atoms with van der Waals surface area (Å²) < 4.78 is 0. The van der Waals surface area contributed by atoms with Gasteiger partial charge in [0, 0.05) is 23.8 Å². The summed E-state index contributed by atoms with van der Waals surface area (Å²) in [5.41, 5.74) is 1.87. The maximum Gasteiger partial charge on any atom is 0.227 e. The molecule has 1 rings (SSSR count). The van der Waals surface area contributed by atoms with Crippen molar-refractivity contribution in [1.29, 1.82) is 0 Å². The lowest BCUT2D eigenvalue weighted by Crippen LogP contribution is -2.21. The number of hydrogen-bond acceptors (Lipinski definition) is 2. The fraction of sp³-hybridized carbons (Fsp3) is 0.400. The molecule has 0 saturated carbocycles. The molecule has 0 radical (unpaired) electrons. The second-order valence-electron chi connectivity index (χ2n) is 4.25. The third-order valence-corrected chi connectivity index (χ3v) is 2.96. The van der Waals surface area contributed by atoms with Gasteiger partial charge in [0.05, 0.1) is 0 Å². The molecule has 98 valence electrons. The fourth-order valence-corrected chi connectivity index (χ4v) is 1.77. The standard InChI is InChI=1S/C15H22N2O/c1-4-11-16-13-7-9-14(10-8-13)17-15(18)12(5-2)6-3/h4,7-10,12,16H,1,5-6,11H2,2-3H3,(H,17,18). The molecule has 0 aromatic heterocycles. The average Bonchev–Trinajstić information content (AvgIpc) is 2.39. The van der Waals surface area contributed by atoms with Crippen LogP contribution in [0.5, 0.6) is 0 Å². The SMILES string of the molecule is C=CCNc1ccc(NC(=O)C(CC)CC)cc1. The third-order valence-electron chi connectivity index (χ3n) is 2.96. The van der Waals surface area contributed by atoms with E-state index in [1.807, 2.05) is 44.2 Å². The molecule has 0 unspecified atom stereocenters. The fourth-order valence-electron chi connectivity index (χ4n) is 1.77. The van der Waals surface area contributed by atoms with Gasteiger partial charge in [-0.3, -0.25) is 4.79 Å². The Bertz CT molecular complexity index is 380. The first-order chi connectivity index (χ1) is 8.71. The molecule has 18 heavy (non-hydrogen) atoms. The summed E-state index contributed by atoms with van der Waals surface area (Å²) in [5, 5.41) is 6.13. The van der Waals surface area contributed by atoms with Crippen LogP contribution in [0.25, 0.3) is 0 Å². The zero-order chi connectivity index (χ0) is 13.4. The van der Waals surface area contributed by atoms with Crippen LogP contribution in [-0.4, -0.2) is 12.5 Å². The van der Waals surface area contributed by atoms with Gasteiger partial charge < -0.3 is 10.6 Å². The lowest BCUT2D eigenvalue weighted by molar-refractivity contribution is -0.120. The summed E-state index contributed by atoms with van der Waals surface area (Å²) >= 11 is 0. The summed E-state index contributed by atoms with van der Waals surface area (Å²) in [7, 11) is 0. The van der Waals surface area contributed by atoms with Gasteiger partial charge in [-0.2, -0.15) is 0 Å². The first-order valence-electron chi connectivity index (χ1n) is 6.46. The minimum absolute atomic E-state index is 0.101. The summed E-state index contributed by atoms with van der Waals surface area (Å²) in [4.78, 5) is 11.9. The third kappa shape index (κ3) is 4.24. The van der Waals surface area contributed by atoms with Gasteiger partial charge >= 0.3 is 0 Å². The molecule has 0 bridgehead atoms. The van der Waals surface area contributed by atoms with E-state index in [4.69, 9.17) is 0 Å². The molecule has 0 aliphatic carbocycles. The van der Waals surface area contributed by atoms with Crippen LogP contribution in [0.2, 0.25) is 0 Å². The van der Waals surface area contributed by atoms with E-state index in [9.17, 15) is 4.79 Å². The zero-order valence-corrected chi connectivity index (χ0v) is 11.2. The van der Waals surface area contributed by atoms with Crippen LogP contribution >= 0.6 is 0 Å². The molecule has 0 saturated heterocycles. The second-order valence-corrected chi connectivity index (χ2v) is 4.25. The molecule has 2 N–H and O–H groups in total. The molecule has 0 fully saturated rings. The van der Waals surface area contributed by atoms with Gasteiger partial charge in [-0.25, -0.2) is 0 Å². The van der Waals surface area contributed by atoms with Crippen LogP contribution in [-0.2, 0) is 4.79 Å². The van der Waals surface area contributed by atoms with Crippen LogP contribution in [0, 0.1) is 5.92 Å². The normalized spacial score (nSPS) is 10.2. The summed E-state index contributed by atoms with van der Waals surface area (Å²) in [6.45, 7) is 8.46. The van der Waals surface area contributed by atoms with Crippen LogP contribution in [0.15, 0.2) is 36.9 Å². The van der Waals surface area contributed by atoms with Crippen molar-refractivity contribution in [1.82, 2.24) is 0 Å². The number of carbonyl (C=O) groups excluding carboxylic acids is 1. The van der Waals surface area contributed by atoms with E-state index in [2.05, 4.69) is 17.2 Å². The van der Waals surface area contributed by atoms with Crippen molar-refractivity contribution in [2.45, 2.75) is 26.7 Å². The molecule has 0 heterocycles. The Balaban J connectivity index is 2.57. The van der Waals surface area contributed by atoms with E-state index < -0.39 is 0 Å². The summed E-state index contributed by atoms with van der Waals surface area (Å²) in [6.07, 6.45) is 3.56. The van der Waals surface area contributed by atoms with Gasteiger partial charge in [0.25, 0.3) is 0 Å². The molecule has 0 atom stereocenters. The van der Waals surface area contributed by atoms with Crippen LogP contribution in [0.3, 0.4) is 0 Å². The first-order valence-corrected chi connectivity index (χ1v) is 6.46. The Hall–Kier alpha value is -1.77. The molecule has 0 aliphatic heterocycles. The maximum atomic E-state index is 11.9. The number of benzene rings is 1. The molecule has 3 heteroatoms. The van der Waals surface area contributed by atoms with Crippen LogP contribution in [0.1, 0.15) is 26.7 Å². The lowest BCUT2D eigenvalue weighted by Gasteiger charge is -2.13. The minimum Gasteiger partial charge on any atom is -0.382 e. The molecular formula is C15H22N2O. The average molecular weight is 246 g/mol. The van der Waals surface area contributed by atoms with Crippen molar-refractivity contribution in [3.8, 4) is 0 Å². The Morgan fingerprint density at radius 3 is 2.28 bits per heavy atom. The van der Waals surface area contributed by atoms with E-state index >= 15 is 0 Å². The van der Waals surface area contributed by atoms with Crippen molar-refractivity contribution >= 4 is 17.3 Å². The Kier molecular flexibility index (Phi) is 5.98. The smallest absolute Gasteiger partial charge is 0.227 e. The minimum atomic E-state index is 0.101. The highest BCUT2D eigenvalue weighted by molar-refractivity contribution is 5.92. The highest BCUT2D eigenvalue weighted by atomic mass is 16.1. The van der Waals surface area contributed by atoms with Gasteiger partial charge in [0.15, 0.2) is 0 Å². The monoisotopic (exact) mass is 246 g/mol. The Morgan fingerprint density at radius 1 is 1.22 bits per heavy atom. The predicted octanol–water partition coefficient (Wildman–Crippen LogP) is 3.66. The predicted molar refractivity (Wildman–Crippen MR) is 77.8 cm³/mol. The molecule has 1 aromatic rings. The van der Waals surface area contributed by atoms with E-state index in [-0.39, 0.29) is 11.8 Å². The van der Waals surface area contributed by atoms with Gasteiger partial charge in [0.2, 0.25) is 5.91 Å². The van der Waals surface area contributed by atoms with Crippen molar-refractivity contribution in [3.63, 3.8) is 0 Å². The van der Waals surface area contributed by atoms with Crippen molar-refractivity contribution < 1.29 is 4.79 Å². The van der Waals surface area contributed by atoms with E-state index in [0.717, 1.165) is 30.8 Å². The van der Waals surface area contributed by atoms with Crippen LogP contribution < -0.4 is 10.6 Å². The Labute approximate surface area is 109 Å².